The largest absolute Gasteiger partial charge is 0.306 e. The molecule has 0 spiro atoms. The number of rotatable bonds is 5. The van der Waals surface area contributed by atoms with Crippen molar-refractivity contribution in [2.45, 2.75) is 45.6 Å². The summed E-state index contributed by atoms with van der Waals surface area (Å²) in [6.07, 6.45) is 1.15. The molecule has 1 nitrogen and oxygen atoms in total. The van der Waals surface area contributed by atoms with Crippen molar-refractivity contribution in [2.24, 2.45) is 0 Å². The van der Waals surface area contributed by atoms with Crippen LogP contribution in [-0.4, -0.2) is 6.54 Å². The van der Waals surface area contributed by atoms with Crippen molar-refractivity contribution in [1.29, 1.82) is 0 Å². The van der Waals surface area contributed by atoms with Crippen molar-refractivity contribution in [3.8, 4) is 0 Å². The first-order valence-corrected chi connectivity index (χ1v) is 8.22. The minimum atomic E-state index is 0.231. The molecule has 1 N–H and O–H groups in total. The molecule has 0 aliphatic heterocycles. The first-order valence-electron chi connectivity index (χ1n) is 7.41. The second kappa shape index (κ2) is 6.55. The van der Waals surface area contributed by atoms with Crippen molar-refractivity contribution in [3.05, 3.63) is 57.8 Å². The summed E-state index contributed by atoms with van der Waals surface area (Å²) in [6.45, 7) is 10.1. The zero-order valence-electron chi connectivity index (χ0n) is 12.9. The maximum Gasteiger partial charge on any atom is 0.0671 e. The molecular formula is C18H25NS. The molecule has 1 aromatic heterocycles. The summed E-state index contributed by atoms with van der Waals surface area (Å²) >= 11 is 1.93. The highest BCUT2D eigenvalue weighted by atomic mass is 32.1. The quantitative estimate of drug-likeness (QED) is 0.803. The zero-order valence-corrected chi connectivity index (χ0v) is 13.8. The van der Waals surface area contributed by atoms with E-state index >= 15 is 0 Å². The highest BCUT2D eigenvalue weighted by Crippen LogP contribution is 2.34. The van der Waals surface area contributed by atoms with Crippen molar-refractivity contribution < 1.29 is 0 Å². The Morgan fingerprint density at radius 3 is 2.30 bits per heavy atom. The molecule has 0 saturated carbocycles. The van der Waals surface area contributed by atoms with Crippen LogP contribution in [0.15, 0.2) is 42.5 Å². The molecule has 0 saturated heterocycles. The molecule has 0 radical (unpaired) electrons. The van der Waals surface area contributed by atoms with Gasteiger partial charge in [0.1, 0.15) is 0 Å². The van der Waals surface area contributed by atoms with Gasteiger partial charge in [-0.3, -0.25) is 0 Å². The number of thiophene rings is 1. The lowest BCUT2D eigenvalue weighted by Crippen LogP contribution is -2.22. The zero-order chi connectivity index (χ0) is 14.6. The summed E-state index contributed by atoms with van der Waals surface area (Å²) in [7, 11) is 0. The fraction of sp³-hybridized carbons (Fsp3) is 0.444. The monoisotopic (exact) mass is 287 g/mol. The van der Waals surface area contributed by atoms with Gasteiger partial charge in [0, 0.05) is 9.75 Å². The van der Waals surface area contributed by atoms with E-state index in [1.165, 1.54) is 15.3 Å². The lowest BCUT2D eigenvalue weighted by atomic mass is 9.95. The molecule has 0 bridgehead atoms. The van der Waals surface area contributed by atoms with Gasteiger partial charge in [-0.2, -0.15) is 0 Å². The van der Waals surface area contributed by atoms with E-state index < -0.39 is 0 Å². The topological polar surface area (TPSA) is 12.0 Å². The van der Waals surface area contributed by atoms with Crippen LogP contribution < -0.4 is 5.32 Å². The van der Waals surface area contributed by atoms with E-state index in [-0.39, 0.29) is 5.41 Å². The molecule has 1 unspecified atom stereocenters. The van der Waals surface area contributed by atoms with Crippen molar-refractivity contribution >= 4 is 11.3 Å². The van der Waals surface area contributed by atoms with E-state index in [1.54, 1.807) is 0 Å². The molecule has 1 aromatic carbocycles. The van der Waals surface area contributed by atoms with Crippen molar-refractivity contribution in [2.75, 3.05) is 6.54 Å². The van der Waals surface area contributed by atoms with Gasteiger partial charge in [-0.05, 0) is 36.1 Å². The molecule has 0 aliphatic carbocycles. The normalized spacial score (nSPS) is 13.4. The summed E-state index contributed by atoms with van der Waals surface area (Å²) in [4.78, 5) is 2.86. The molecule has 0 aliphatic rings. The number of hydrogen-bond acceptors (Lipinski definition) is 2. The van der Waals surface area contributed by atoms with Gasteiger partial charge in [-0.15, -0.1) is 11.3 Å². The predicted octanol–water partition coefficient (Wildman–Crippen LogP) is 5.13. The maximum atomic E-state index is 3.68. The van der Waals surface area contributed by atoms with Crippen LogP contribution in [0.5, 0.6) is 0 Å². The average Bonchev–Trinajstić information content (AvgIpc) is 2.90. The van der Waals surface area contributed by atoms with Crippen molar-refractivity contribution in [3.63, 3.8) is 0 Å². The van der Waals surface area contributed by atoms with E-state index in [9.17, 15) is 0 Å². The summed E-state index contributed by atoms with van der Waals surface area (Å²) in [6, 6.07) is 15.6. The second-order valence-corrected chi connectivity index (χ2v) is 7.37. The minimum Gasteiger partial charge on any atom is -0.306 e. The Labute approximate surface area is 127 Å². The lowest BCUT2D eigenvalue weighted by Gasteiger charge is -2.19. The van der Waals surface area contributed by atoms with Gasteiger partial charge in [0.2, 0.25) is 0 Å². The van der Waals surface area contributed by atoms with Crippen LogP contribution in [0.1, 0.15) is 55.5 Å². The minimum absolute atomic E-state index is 0.231. The van der Waals surface area contributed by atoms with Crippen LogP contribution in [0.2, 0.25) is 0 Å². The third-order valence-electron chi connectivity index (χ3n) is 3.38. The van der Waals surface area contributed by atoms with Gasteiger partial charge in [-0.1, -0.05) is 58.0 Å². The van der Waals surface area contributed by atoms with E-state index in [4.69, 9.17) is 0 Å². The molecular weight excluding hydrogens is 262 g/mol. The van der Waals surface area contributed by atoms with E-state index in [0.29, 0.717) is 6.04 Å². The molecule has 2 aromatic rings. The Bertz CT molecular complexity index is 522. The van der Waals surface area contributed by atoms with Crippen LogP contribution in [0.4, 0.5) is 0 Å². The molecule has 1 heterocycles. The van der Waals surface area contributed by atoms with Crippen LogP contribution in [0.3, 0.4) is 0 Å². The summed E-state index contributed by atoms with van der Waals surface area (Å²) in [5, 5.41) is 3.68. The number of nitrogens with one attached hydrogen (secondary N) is 1. The Morgan fingerprint density at radius 2 is 1.75 bits per heavy atom. The third kappa shape index (κ3) is 3.71. The SMILES string of the molecule is CCCNC(c1ccccc1)c1ccc(C(C)(C)C)s1. The number of benzene rings is 1. The molecule has 2 rings (SSSR count). The Kier molecular flexibility index (Phi) is 5.00. The van der Waals surface area contributed by atoms with Gasteiger partial charge in [0.05, 0.1) is 6.04 Å². The smallest absolute Gasteiger partial charge is 0.0671 e. The number of hydrogen-bond donors (Lipinski definition) is 1. The highest BCUT2D eigenvalue weighted by Gasteiger charge is 2.20. The second-order valence-electron chi connectivity index (χ2n) is 6.25. The van der Waals surface area contributed by atoms with Crippen LogP contribution in [0, 0.1) is 0 Å². The summed E-state index contributed by atoms with van der Waals surface area (Å²) in [5.74, 6) is 0. The molecule has 108 valence electrons. The lowest BCUT2D eigenvalue weighted by molar-refractivity contribution is 0.603. The van der Waals surface area contributed by atoms with Crippen LogP contribution >= 0.6 is 11.3 Å². The van der Waals surface area contributed by atoms with Gasteiger partial charge in [0.15, 0.2) is 0 Å². The first-order chi connectivity index (χ1) is 9.52. The van der Waals surface area contributed by atoms with E-state index in [1.807, 2.05) is 11.3 Å². The molecule has 1 atom stereocenters. The van der Waals surface area contributed by atoms with E-state index in [2.05, 4.69) is 75.5 Å². The molecule has 2 heteroatoms. The Hall–Kier alpha value is -1.12. The summed E-state index contributed by atoms with van der Waals surface area (Å²) < 4.78 is 0. The maximum absolute atomic E-state index is 3.68. The molecule has 0 fully saturated rings. The van der Waals surface area contributed by atoms with Crippen molar-refractivity contribution in [1.82, 2.24) is 5.32 Å². The first kappa shape index (κ1) is 15.3. The van der Waals surface area contributed by atoms with E-state index in [0.717, 1.165) is 13.0 Å². The Balaban J connectivity index is 2.29. The van der Waals surface area contributed by atoms with Gasteiger partial charge < -0.3 is 5.32 Å². The standard InChI is InChI=1S/C18H25NS/c1-5-13-19-17(14-9-7-6-8-10-14)15-11-12-16(20-15)18(2,3)4/h6-12,17,19H,5,13H2,1-4H3. The third-order valence-corrected chi connectivity index (χ3v) is 4.96. The predicted molar refractivity (Wildman–Crippen MR) is 89.6 cm³/mol. The molecule has 0 amide bonds. The molecule has 20 heavy (non-hydrogen) atoms. The fourth-order valence-corrected chi connectivity index (χ4v) is 3.40. The average molecular weight is 287 g/mol. The van der Waals surface area contributed by atoms with Gasteiger partial charge >= 0.3 is 0 Å². The highest BCUT2D eigenvalue weighted by molar-refractivity contribution is 7.12. The van der Waals surface area contributed by atoms with Gasteiger partial charge in [-0.25, -0.2) is 0 Å². The van der Waals surface area contributed by atoms with Crippen LogP contribution in [-0.2, 0) is 5.41 Å². The Morgan fingerprint density at radius 1 is 1.05 bits per heavy atom. The fourth-order valence-electron chi connectivity index (χ4n) is 2.23. The van der Waals surface area contributed by atoms with Crippen LogP contribution in [0.25, 0.3) is 0 Å². The summed E-state index contributed by atoms with van der Waals surface area (Å²) in [5.41, 5.74) is 1.58. The van der Waals surface area contributed by atoms with Gasteiger partial charge in [0.25, 0.3) is 0 Å².